The maximum atomic E-state index is 11.4. The molecule has 0 aliphatic heterocycles. The normalized spacial score (nSPS) is 10.6. The lowest BCUT2D eigenvalue weighted by molar-refractivity contribution is -0.139. The lowest BCUT2D eigenvalue weighted by atomic mass is 10.2. The average Bonchev–Trinajstić information content (AvgIpc) is 2.41. The molecular formula is C13H15Cl2N3O2. The van der Waals surface area contributed by atoms with Crippen LogP contribution in [0, 0.1) is 0 Å². The third-order valence-electron chi connectivity index (χ3n) is 2.35. The second kappa shape index (κ2) is 8.55. The standard InChI is InChI=1S/C13H15Cl2N3O2/c1-2-3-6-16-12(19)13(20)18-17-8-9-4-5-10(14)7-11(9)15/h4-5,7-8H,2-3,6H2,1H3,(H,16,19)(H,18,20). The van der Waals surface area contributed by atoms with Gasteiger partial charge in [-0.15, -0.1) is 0 Å². The molecule has 5 nitrogen and oxygen atoms in total. The number of unbranched alkanes of at least 4 members (excludes halogenated alkanes) is 1. The Morgan fingerprint density at radius 3 is 2.70 bits per heavy atom. The van der Waals surface area contributed by atoms with E-state index < -0.39 is 11.8 Å². The van der Waals surface area contributed by atoms with Crippen LogP contribution in [0.25, 0.3) is 0 Å². The number of nitrogens with one attached hydrogen (secondary N) is 2. The lowest BCUT2D eigenvalue weighted by Crippen LogP contribution is -2.38. The van der Waals surface area contributed by atoms with E-state index in [4.69, 9.17) is 23.2 Å². The summed E-state index contributed by atoms with van der Waals surface area (Å²) in [6, 6.07) is 4.86. The van der Waals surface area contributed by atoms with Crippen molar-refractivity contribution < 1.29 is 9.59 Å². The zero-order valence-corrected chi connectivity index (χ0v) is 12.5. The molecule has 7 heteroatoms. The summed E-state index contributed by atoms with van der Waals surface area (Å²) in [6.07, 6.45) is 3.10. The minimum Gasteiger partial charge on any atom is -0.348 e. The van der Waals surface area contributed by atoms with Gasteiger partial charge in [-0.25, -0.2) is 5.43 Å². The molecule has 0 spiro atoms. The Hall–Kier alpha value is -1.59. The quantitative estimate of drug-likeness (QED) is 0.379. The number of benzene rings is 1. The number of halogens is 2. The number of rotatable bonds is 5. The molecular weight excluding hydrogens is 301 g/mol. The van der Waals surface area contributed by atoms with E-state index in [0.29, 0.717) is 22.2 Å². The number of carbonyl (C=O) groups is 2. The number of amides is 2. The first kappa shape index (κ1) is 16.5. The number of carbonyl (C=O) groups excluding carboxylic acids is 2. The SMILES string of the molecule is CCCCNC(=O)C(=O)NN=Cc1ccc(Cl)cc1Cl. The minimum atomic E-state index is -0.817. The molecule has 2 amide bonds. The largest absolute Gasteiger partial charge is 0.348 e. The summed E-state index contributed by atoms with van der Waals surface area (Å²) in [6.45, 7) is 2.46. The van der Waals surface area contributed by atoms with Gasteiger partial charge in [0.15, 0.2) is 0 Å². The molecule has 0 fully saturated rings. The van der Waals surface area contributed by atoms with E-state index in [1.165, 1.54) is 6.21 Å². The summed E-state index contributed by atoms with van der Waals surface area (Å²) in [5, 5.41) is 7.06. The first-order valence-corrected chi connectivity index (χ1v) is 6.86. The Balaban J connectivity index is 2.47. The van der Waals surface area contributed by atoms with Crippen LogP contribution in [0.5, 0.6) is 0 Å². The maximum absolute atomic E-state index is 11.4. The molecule has 1 aromatic rings. The van der Waals surface area contributed by atoms with E-state index in [9.17, 15) is 9.59 Å². The van der Waals surface area contributed by atoms with Crippen LogP contribution in [0.4, 0.5) is 0 Å². The molecule has 0 atom stereocenters. The molecule has 0 saturated heterocycles. The maximum Gasteiger partial charge on any atom is 0.329 e. The van der Waals surface area contributed by atoms with Crippen molar-refractivity contribution in [1.82, 2.24) is 10.7 Å². The van der Waals surface area contributed by atoms with Crippen molar-refractivity contribution in [2.45, 2.75) is 19.8 Å². The molecule has 1 aromatic carbocycles. The van der Waals surface area contributed by atoms with Crippen molar-refractivity contribution >= 4 is 41.2 Å². The van der Waals surface area contributed by atoms with Crippen LogP contribution >= 0.6 is 23.2 Å². The van der Waals surface area contributed by atoms with Gasteiger partial charge in [-0.3, -0.25) is 9.59 Å². The second-order valence-corrected chi connectivity index (χ2v) is 4.82. The number of hydrogen-bond donors (Lipinski definition) is 2. The fraction of sp³-hybridized carbons (Fsp3) is 0.308. The summed E-state index contributed by atoms with van der Waals surface area (Å²) in [7, 11) is 0. The molecule has 108 valence electrons. The summed E-state index contributed by atoms with van der Waals surface area (Å²) in [4.78, 5) is 22.7. The molecule has 0 heterocycles. The molecule has 2 N–H and O–H groups in total. The van der Waals surface area contributed by atoms with Gasteiger partial charge in [0.25, 0.3) is 0 Å². The van der Waals surface area contributed by atoms with Gasteiger partial charge >= 0.3 is 11.8 Å². The smallest absolute Gasteiger partial charge is 0.329 e. The molecule has 0 saturated carbocycles. The van der Waals surface area contributed by atoms with Crippen LogP contribution in [0.15, 0.2) is 23.3 Å². The first-order valence-electron chi connectivity index (χ1n) is 6.11. The van der Waals surface area contributed by atoms with Crippen molar-refractivity contribution in [3.8, 4) is 0 Å². The highest BCUT2D eigenvalue weighted by atomic mass is 35.5. The number of hydrogen-bond acceptors (Lipinski definition) is 3. The lowest BCUT2D eigenvalue weighted by Gasteiger charge is -2.02. The van der Waals surface area contributed by atoms with Crippen LogP contribution in [0.1, 0.15) is 25.3 Å². The zero-order chi connectivity index (χ0) is 15.0. The fourth-order valence-electron chi connectivity index (χ4n) is 1.28. The van der Waals surface area contributed by atoms with E-state index in [1.54, 1.807) is 18.2 Å². The summed E-state index contributed by atoms with van der Waals surface area (Å²) < 4.78 is 0. The van der Waals surface area contributed by atoms with E-state index >= 15 is 0 Å². The van der Waals surface area contributed by atoms with E-state index in [0.717, 1.165) is 12.8 Å². The van der Waals surface area contributed by atoms with Crippen molar-refractivity contribution in [3.63, 3.8) is 0 Å². The molecule has 0 aromatic heterocycles. The second-order valence-electron chi connectivity index (χ2n) is 3.97. The molecule has 0 aliphatic rings. The van der Waals surface area contributed by atoms with Gasteiger partial charge in [0.2, 0.25) is 0 Å². The topological polar surface area (TPSA) is 70.6 Å². The van der Waals surface area contributed by atoms with Crippen molar-refractivity contribution in [1.29, 1.82) is 0 Å². The van der Waals surface area contributed by atoms with E-state index in [2.05, 4.69) is 15.8 Å². The zero-order valence-electron chi connectivity index (χ0n) is 11.0. The van der Waals surface area contributed by atoms with Gasteiger partial charge in [0.05, 0.1) is 11.2 Å². The van der Waals surface area contributed by atoms with Gasteiger partial charge in [-0.2, -0.15) is 5.10 Å². The van der Waals surface area contributed by atoms with E-state index in [-0.39, 0.29) is 0 Å². The summed E-state index contributed by atoms with van der Waals surface area (Å²) in [5.74, 6) is -1.53. The van der Waals surface area contributed by atoms with Gasteiger partial charge in [0, 0.05) is 17.1 Å². The van der Waals surface area contributed by atoms with Gasteiger partial charge in [-0.1, -0.05) is 42.6 Å². The Bertz CT molecular complexity index is 518. The first-order chi connectivity index (χ1) is 9.54. The summed E-state index contributed by atoms with van der Waals surface area (Å²) >= 11 is 11.7. The Morgan fingerprint density at radius 2 is 2.05 bits per heavy atom. The Labute approximate surface area is 127 Å². The molecule has 20 heavy (non-hydrogen) atoms. The van der Waals surface area contributed by atoms with Crippen LogP contribution < -0.4 is 10.7 Å². The fourth-order valence-corrected chi connectivity index (χ4v) is 1.73. The van der Waals surface area contributed by atoms with Gasteiger partial charge in [-0.05, 0) is 18.6 Å². The molecule has 1 rings (SSSR count). The molecule has 0 aliphatic carbocycles. The summed E-state index contributed by atoms with van der Waals surface area (Å²) in [5.41, 5.74) is 2.71. The highest BCUT2D eigenvalue weighted by Gasteiger charge is 2.11. The molecule has 0 radical (unpaired) electrons. The predicted octanol–water partition coefficient (Wildman–Crippen LogP) is 2.36. The average molecular weight is 316 g/mol. The van der Waals surface area contributed by atoms with Crippen LogP contribution in [-0.4, -0.2) is 24.6 Å². The highest BCUT2D eigenvalue weighted by molar-refractivity contribution is 6.36. The third-order valence-corrected chi connectivity index (χ3v) is 2.92. The molecule has 0 unspecified atom stereocenters. The van der Waals surface area contributed by atoms with Crippen LogP contribution in [0.2, 0.25) is 10.0 Å². The van der Waals surface area contributed by atoms with Crippen LogP contribution in [-0.2, 0) is 9.59 Å². The highest BCUT2D eigenvalue weighted by Crippen LogP contribution is 2.19. The minimum absolute atomic E-state index is 0.405. The van der Waals surface area contributed by atoms with E-state index in [1.807, 2.05) is 6.92 Å². The monoisotopic (exact) mass is 315 g/mol. The van der Waals surface area contributed by atoms with Crippen molar-refractivity contribution in [2.75, 3.05) is 6.54 Å². The third kappa shape index (κ3) is 5.59. The Morgan fingerprint density at radius 1 is 1.30 bits per heavy atom. The molecule has 0 bridgehead atoms. The van der Waals surface area contributed by atoms with Crippen molar-refractivity contribution in [3.05, 3.63) is 33.8 Å². The number of hydrazone groups is 1. The van der Waals surface area contributed by atoms with Gasteiger partial charge < -0.3 is 5.32 Å². The Kier molecular flexibility index (Phi) is 7.04. The van der Waals surface area contributed by atoms with Gasteiger partial charge in [0.1, 0.15) is 0 Å². The predicted molar refractivity (Wildman–Crippen MR) is 80.1 cm³/mol. The number of nitrogens with zero attached hydrogens (tertiary/aromatic N) is 1. The van der Waals surface area contributed by atoms with Crippen LogP contribution in [0.3, 0.4) is 0 Å². The van der Waals surface area contributed by atoms with Crippen molar-refractivity contribution in [2.24, 2.45) is 5.10 Å².